The SMILES string of the molecule is COC(=O)N1c2ccc(N[C@H]3CCC[C@@H](C#N)C3)c(N)c2CC[C@@H]1C. The van der Waals surface area contributed by atoms with Gasteiger partial charge in [0.2, 0.25) is 0 Å². The number of nitrogens with zero attached hydrogens (tertiary/aromatic N) is 2. The first kappa shape index (κ1) is 17.4. The number of methoxy groups -OCH3 is 1. The molecule has 1 amide bonds. The molecule has 1 aromatic rings. The molecular formula is C19H26N4O2. The number of hydrogen-bond acceptors (Lipinski definition) is 5. The summed E-state index contributed by atoms with van der Waals surface area (Å²) in [5.41, 5.74) is 9.88. The van der Waals surface area contributed by atoms with E-state index in [4.69, 9.17) is 15.7 Å². The lowest BCUT2D eigenvalue weighted by Crippen LogP contribution is -2.42. The molecule has 0 bridgehead atoms. The van der Waals surface area contributed by atoms with Gasteiger partial charge in [-0.15, -0.1) is 0 Å². The fraction of sp³-hybridized carbons (Fsp3) is 0.579. The van der Waals surface area contributed by atoms with Gasteiger partial charge in [-0.2, -0.15) is 5.26 Å². The summed E-state index contributed by atoms with van der Waals surface area (Å²) in [6.07, 6.45) is 5.32. The molecule has 1 aromatic carbocycles. The van der Waals surface area contributed by atoms with Gasteiger partial charge in [0, 0.05) is 23.6 Å². The molecule has 6 heteroatoms. The van der Waals surface area contributed by atoms with Crippen molar-refractivity contribution in [2.24, 2.45) is 5.92 Å². The Morgan fingerprint density at radius 3 is 2.92 bits per heavy atom. The van der Waals surface area contributed by atoms with Crippen molar-refractivity contribution in [1.82, 2.24) is 0 Å². The Hall–Kier alpha value is -2.42. The van der Waals surface area contributed by atoms with Gasteiger partial charge in [-0.05, 0) is 51.2 Å². The first-order valence-corrected chi connectivity index (χ1v) is 8.99. The second-order valence-electron chi connectivity index (χ2n) is 7.09. The van der Waals surface area contributed by atoms with Crippen LogP contribution in [0.2, 0.25) is 0 Å². The maximum absolute atomic E-state index is 12.1. The first-order chi connectivity index (χ1) is 12.0. The van der Waals surface area contributed by atoms with Crippen LogP contribution in [0.25, 0.3) is 0 Å². The number of hydrogen-bond donors (Lipinski definition) is 2. The smallest absolute Gasteiger partial charge is 0.414 e. The van der Waals surface area contributed by atoms with E-state index >= 15 is 0 Å². The van der Waals surface area contributed by atoms with E-state index in [0.29, 0.717) is 5.69 Å². The number of carbonyl (C=O) groups is 1. The average Bonchev–Trinajstić information content (AvgIpc) is 2.63. The molecule has 1 heterocycles. The molecule has 0 spiro atoms. The predicted octanol–water partition coefficient (Wildman–Crippen LogP) is 3.67. The minimum absolute atomic E-state index is 0.0906. The maximum Gasteiger partial charge on any atom is 0.414 e. The maximum atomic E-state index is 12.1. The van der Waals surface area contributed by atoms with Gasteiger partial charge in [0.05, 0.1) is 30.2 Å². The molecule has 3 rings (SSSR count). The number of ether oxygens (including phenoxy) is 1. The molecule has 1 aliphatic carbocycles. The molecule has 25 heavy (non-hydrogen) atoms. The van der Waals surface area contributed by atoms with E-state index in [1.807, 2.05) is 19.1 Å². The van der Waals surface area contributed by atoms with Crippen molar-refractivity contribution >= 4 is 23.2 Å². The van der Waals surface area contributed by atoms with Gasteiger partial charge in [-0.3, -0.25) is 4.90 Å². The molecule has 3 atom stereocenters. The van der Waals surface area contributed by atoms with Crippen molar-refractivity contribution in [2.45, 2.75) is 57.5 Å². The van der Waals surface area contributed by atoms with E-state index in [1.165, 1.54) is 7.11 Å². The summed E-state index contributed by atoms with van der Waals surface area (Å²) in [6, 6.07) is 6.64. The highest BCUT2D eigenvalue weighted by Gasteiger charge is 2.31. The third-order valence-corrected chi connectivity index (χ3v) is 5.43. The zero-order valence-electron chi connectivity index (χ0n) is 14.9. The molecule has 1 aliphatic heterocycles. The van der Waals surface area contributed by atoms with E-state index in [9.17, 15) is 4.79 Å². The minimum atomic E-state index is -0.349. The second-order valence-corrected chi connectivity index (χ2v) is 7.09. The molecule has 1 saturated carbocycles. The normalized spacial score (nSPS) is 25.6. The van der Waals surface area contributed by atoms with Crippen LogP contribution in [0.1, 0.15) is 44.6 Å². The Balaban J connectivity index is 1.85. The zero-order chi connectivity index (χ0) is 18.0. The summed E-state index contributed by atoms with van der Waals surface area (Å²) in [6.45, 7) is 2.02. The van der Waals surface area contributed by atoms with Crippen LogP contribution in [-0.2, 0) is 11.2 Å². The molecule has 1 fully saturated rings. The largest absolute Gasteiger partial charge is 0.452 e. The number of amides is 1. The number of carbonyl (C=O) groups excluding carboxylic acids is 1. The van der Waals surface area contributed by atoms with E-state index in [2.05, 4.69) is 11.4 Å². The number of nitriles is 1. The number of nitrogens with two attached hydrogens (primary N) is 1. The summed E-state index contributed by atoms with van der Waals surface area (Å²) in [5.74, 6) is 0.126. The molecule has 0 saturated heterocycles. The molecule has 0 radical (unpaired) electrons. The molecule has 2 aliphatic rings. The number of nitrogen functional groups attached to an aromatic ring is 1. The Labute approximate surface area is 148 Å². The molecule has 0 unspecified atom stereocenters. The average molecular weight is 342 g/mol. The molecule has 134 valence electrons. The fourth-order valence-electron chi connectivity index (χ4n) is 4.02. The van der Waals surface area contributed by atoms with Crippen molar-refractivity contribution in [3.8, 4) is 6.07 Å². The van der Waals surface area contributed by atoms with Crippen molar-refractivity contribution in [1.29, 1.82) is 5.26 Å². The van der Waals surface area contributed by atoms with Crippen molar-refractivity contribution in [3.63, 3.8) is 0 Å². The third-order valence-electron chi connectivity index (χ3n) is 5.43. The quantitative estimate of drug-likeness (QED) is 0.800. The predicted molar refractivity (Wildman–Crippen MR) is 98.5 cm³/mol. The first-order valence-electron chi connectivity index (χ1n) is 8.99. The van der Waals surface area contributed by atoms with Gasteiger partial charge in [-0.1, -0.05) is 6.42 Å². The Kier molecular flexibility index (Phi) is 5.03. The van der Waals surface area contributed by atoms with Gasteiger partial charge in [0.25, 0.3) is 0 Å². The monoisotopic (exact) mass is 342 g/mol. The van der Waals surface area contributed by atoms with Crippen LogP contribution < -0.4 is 16.0 Å². The number of nitrogens with one attached hydrogen (secondary N) is 1. The lowest BCUT2D eigenvalue weighted by molar-refractivity contribution is 0.175. The second kappa shape index (κ2) is 7.22. The topological polar surface area (TPSA) is 91.4 Å². The third kappa shape index (κ3) is 3.37. The molecular weight excluding hydrogens is 316 g/mol. The zero-order valence-corrected chi connectivity index (χ0v) is 14.9. The minimum Gasteiger partial charge on any atom is -0.452 e. The van der Waals surface area contributed by atoms with Crippen molar-refractivity contribution in [2.75, 3.05) is 23.1 Å². The van der Waals surface area contributed by atoms with Crippen LogP contribution in [0.4, 0.5) is 21.9 Å². The van der Waals surface area contributed by atoms with Crippen LogP contribution in [0.5, 0.6) is 0 Å². The van der Waals surface area contributed by atoms with E-state index in [0.717, 1.165) is 55.5 Å². The standard InChI is InChI=1S/C19H26N4O2/c1-12-6-7-15-17(23(12)19(24)25-2)9-8-16(18(15)21)22-14-5-3-4-13(10-14)11-20/h8-9,12-14,22H,3-7,10,21H2,1-2H3/t12-,13+,14-/m0/s1. The molecule has 0 aromatic heterocycles. The summed E-state index contributed by atoms with van der Waals surface area (Å²) < 4.78 is 4.93. The Bertz CT molecular complexity index is 697. The summed E-state index contributed by atoms with van der Waals surface area (Å²) >= 11 is 0. The number of rotatable bonds is 2. The van der Waals surface area contributed by atoms with Crippen LogP contribution >= 0.6 is 0 Å². The number of anilines is 3. The highest BCUT2D eigenvalue weighted by atomic mass is 16.5. The van der Waals surface area contributed by atoms with Crippen molar-refractivity contribution in [3.05, 3.63) is 17.7 Å². The Morgan fingerprint density at radius 2 is 2.20 bits per heavy atom. The molecule has 6 nitrogen and oxygen atoms in total. The highest BCUT2D eigenvalue weighted by molar-refractivity contribution is 5.93. The summed E-state index contributed by atoms with van der Waals surface area (Å²) in [4.78, 5) is 13.8. The van der Waals surface area contributed by atoms with Crippen LogP contribution in [0.15, 0.2) is 12.1 Å². The summed E-state index contributed by atoms with van der Waals surface area (Å²) in [7, 11) is 1.40. The van der Waals surface area contributed by atoms with Gasteiger partial charge in [0.15, 0.2) is 0 Å². The highest BCUT2D eigenvalue weighted by Crippen LogP contribution is 2.39. The van der Waals surface area contributed by atoms with E-state index in [-0.39, 0.29) is 24.1 Å². The van der Waals surface area contributed by atoms with Gasteiger partial charge in [0.1, 0.15) is 0 Å². The van der Waals surface area contributed by atoms with Gasteiger partial charge in [-0.25, -0.2) is 4.79 Å². The van der Waals surface area contributed by atoms with Crippen LogP contribution in [0.3, 0.4) is 0 Å². The molecule has 3 N–H and O–H groups in total. The Morgan fingerprint density at radius 1 is 1.40 bits per heavy atom. The number of fused-ring (bicyclic) bond motifs is 1. The summed E-state index contributed by atoms with van der Waals surface area (Å²) in [5, 5.41) is 12.7. The fourth-order valence-corrected chi connectivity index (χ4v) is 4.02. The number of benzene rings is 1. The van der Waals surface area contributed by atoms with E-state index in [1.54, 1.807) is 4.90 Å². The van der Waals surface area contributed by atoms with Crippen molar-refractivity contribution < 1.29 is 9.53 Å². The van der Waals surface area contributed by atoms with Gasteiger partial charge < -0.3 is 15.8 Å². The lowest BCUT2D eigenvalue weighted by atomic mass is 9.86. The van der Waals surface area contributed by atoms with Crippen LogP contribution in [0, 0.1) is 17.2 Å². The van der Waals surface area contributed by atoms with Crippen LogP contribution in [-0.4, -0.2) is 25.3 Å². The van der Waals surface area contributed by atoms with Gasteiger partial charge >= 0.3 is 6.09 Å². The van der Waals surface area contributed by atoms with E-state index < -0.39 is 0 Å². The lowest BCUT2D eigenvalue weighted by Gasteiger charge is -2.35.